The molecule has 2 N–H and O–H groups in total. The maximum Gasteiger partial charge on any atom is 0.150 e. The highest BCUT2D eigenvalue weighted by Crippen LogP contribution is 2.20. The second-order valence-electron chi connectivity index (χ2n) is 3.56. The Bertz CT molecular complexity index is 502. The third kappa shape index (κ3) is 1.98. The number of aldehydes is 1. The van der Waals surface area contributed by atoms with Crippen molar-refractivity contribution in [3.63, 3.8) is 0 Å². The van der Waals surface area contributed by atoms with Crippen molar-refractivity contribution in [1.82, 2.24) is 4.57 Å². The molecule has 1 aromatic carbocycles. The predicted molar refractivity (Wildman–Crippen MR) is 62.6 cm³/mol. The Labute approximate surface area is 93.7 Å². The van der Waals surface area contributed by atoms with Crippen LogP contribution in [0.2, 0.25) is 0 Å². The molecule has 0 saturated carbocycles. The fraction of sp³-hybridized carbons (Fsp3) is 0.250. The van der Waals surface area contributed by atoms with Crippen molar-refractivity contribution in [2.75, 3.05) is 7.11 Å². The number of carbonyl (C=O) groups is 1. The van der Waals surface area contributed by atoms with Gasteiger partial charge in [0.05, 0.1) is 6.61 Å². The lowest BCUT2D eigenvalue weighted by atomic mass is 10.2. The summed E-state index contributed by atoms with van der Waals surface area (Å²) < 4.78 is 7.15. The van der Waals surface area contributed by atoms with Crippen molar-refractivity contribution in [2.45, 2.75) is 6.61 Å². The van der Waals surface area contributed by atoms with E-state index in [0.717, 1.165) is 22.9 Å². The molecule has 0 aliphatic carbocycles. The van der Waals surface area contributed by atoms with E-state index in [1.807, 2.05) is 29.8 Å². The molecule has 4 nitrogen and oxygen atoms in total. The van der Waals surface area contributed by atoms with E-state index in [1.54, 1.807) is 7.11 Å². The van der Waals surface area contributed by atoms with Crippen LogP contribution >= 0.6 is 0 Å². The zero-order valence-electron chi connectivity index (χ0n) is 9.36. The number of aromatic nitrogens is 1. The summed E-state index contributed by atoms with van der Waals surface area (Å²) in [6, 6.07) is 7.75. The molecule has 0 aliphatic rings. The number of aryl methyl sites for hydroxylation is 1. The summed E-state index contributed by atoms with van der Waals surface area (Å²) in [7, 11) is 3.65. The molecule has 4 heteroatoms. The highest BCUT2D eigenvalue weighted by molar-refractivity contribution is 5.88. The zero-order chi connectivity index (χ0) is 10.8. The number of rotatable bonds is 3. The van der Waals surface area contributed by atoms with Crippen LogP contribution in [-0.4, -0.2) is 23.4 Å². The minimum absolute atomic E-state index is 0. The molecule has 1 aromatic heterocycles. The Morgan fingerprint density at radius 3 is 2.75 bits per heavy atom. The Hall–Kier alpha value is -1.65. The zero-order valence-corrected chi connectivity index (χ0v) is 9.36. The van der Waals surface area contributed by atoms with Gasteiger partial charge >= 0.3 is 0 Å². The lowest BCUT2D eigenvalue weighted by Gasteiger charge is -2.02. The summed E-state index contributed by atoms with van der Waals surface area (Å²) in [6.45, 7) is 0.585. The highest BCUT2D eigenvalue weighted by Gasteiger charge is 2.05. The molecule has 2 rings (SSSR count). The first-order valence-electron chi connectivity index (χ1n) is 4.78. The molecule has 0 bridgehead atoms. The summed E-state index contributed by atoms with van der Waals surface area (Å²) in [5.41, 5.74) is 2.87. The van der Waals surface area contributed by atoms with Gasteiger partial charge in [0.2, 0.25) is 0 Å². The van der Waals surface area contributed by atoms with Gasteiger partial charge in [0.15, 0.2) is 0 Å². The second kappa shape index (κ2) is 4.92. The molecule has 2 aromatic rings. The van der Waals surface area contributed by atoms with Crippen LogP contribution in [0.25, 0.3) is 10.9 Å². The molecule has 0 atom stereocenters. The van der Waals surface area contributed by atoms with E-state index >= 15 is 0 Å². The van der Waals surface area contributed by atoms with E-state index < -0.39 is 0 Å². The summed E-state index contributed by atoms with van der Waals surface area (Å²) in [4.78, 5) is 10.7. The lowest BCUT2D eigenvalue weighted by Crippen LogP contribution is -1.97. The Morgan fingerprint density at radius 1 is 1.38 bits per heavy atom. The molecule has 1 heterocycles. The Morgan fingerprint density at radius 2 is 2.12 bits per heavy atom. The SMILES string of the molecule is COCc1cc2ccc(C=O)cc2n1C.O. The maximum absolute atomic E-state index is 10.7. The lowest BCUT2D eigenvalue weighted by molar-refractivity contribution is 0.112. The van der Waals surface area contributed by atoms with Crippen LogP contribution in [0.3, 0.4) is 0 Å². The van der Waals surface area contributed by atoms with Gasteiger partial charge in [0.1, 0.15) is 6.29 Å². The molecule has 0 saturated heterocycles. The number of ether oxygens (including phenoxy) is 1. The number of nitrogens with zero attached hydrogens (tertiary/aromatic N) is 1. The predicted octanol–water partition coefficient (Wildman–Crippen LogP) is 1.31. The summed E-state index contributed by atoms with van der Waals surface area (Å²) >= 11 is 0. The van der Waals surface area contributed by atoms with Crippen molar-refractivity contribution in [3.05, 3.63) is 35.5 Å². The van der Waals surface area contributed by atoms with Crippen molar-refractivity contribution >= 4 is 17.2 Å². The van der Waals surface area contributed by atoms with Gasteiger partial charge in [-0.05, 0) is 17.5 Å². The van der Waals surface area contributed by atoms with Gasteiger partial charge in [-0.15, -0.1) is 0 Å². The van der Waals surface area contributed by atoms with Gasteiger partial charge in [0, 0.05) is 30.9 Å². The fourth-order valence-electron chi connectivity index (χ4n) is 1.76. The van der Waals surface area contributed by atoms with Crippen LogP contribution in [0.5, 0.6) is 0 Å². The van der Waals surface area contributed by atoms with Crippen LogP contribution in [-0.2, 0) is 18.4 Å². The normalized spacial score (nSPS) is 10.1. The summed E-state index contributed by atoms with van der Waals surface area (Å²) in [6.07, 6.45) is 0.864. The first-order valence-corrected chi connectivity index (χ1v) is 4.78. The van der Waals surface area contributed by atoms with Crippen molar-refractivity contribution in [1.29, 1.82) is 0 Å². The molecular formula is C12H15NO3. The van der Waals surface area contributed by atoms with Crippen molar-refractivity contribution in [2.24, 2.45) is 7.05 Å². The average Bonchev–Trinajstić information content (AvgIpc) is 2.56. The number of hydrogen-bond acceptors (Lipinski definition) is 2. The largest absolute Gasteiger partial charge is 0.412 e. The molecule has 86 valence electrons. The second-order valence-corrected chi connectivity index (χ2v) is 3.56. The molecule has 0 fully saturated rings. The van der Waals surface area contributed by atoms with E-state index in [1.165, 1.54) is 0 Å². The number of fused-ring (bicyclic) bond motifs is 1. The topological polar surface area (TPSA) is 62.7 Å². The molecule has 16 heavy (non-hydrogen) atoms. The van der Waals surface area contributed by atoms with Gasteiger partial charge in [-0.2, -0.15) is 0 Å². The van der Waals surface area contributed by atoms with E-state index in [2.05, 4.69) is 6.07 Å². The van der Waals surface area contributed by atoms with Gasteiger partial charge in [0.25, 0.3) is 0 Å². The minimum Gasteiger partial charge on any atom is -0.412 e. The van der Waals surface area contributed by atoms with Gasteiger partial charge in [-0.3, -0.25) is 4.79 Å². The van der Waals surface area contributed by atoms with E-state index in [4.69, 9.17) is 4.74 Å². The van der Waals surface area contributed by atoms with Crippen LogP contribution in [0.4, 0.5) is 0 Å². The number of methoxy groups -OCH3 is 1. The van der Waals surface area contributed by atoms with Crippen molar-refractivity contribution < 1.29 is 15.0 Å². The maximum atomic E-state index is 10.7. The van der Waals surface area contributed by atoms with Crippen LogP contribution in [0.1, 0.15) is 16.1 Å². The minimum atomic E-state index is 0. The third-order valence-electron chi connectivity index (χ3n) is 2.60. The molecule has 0 unspecified atom stereocenters. The van der Waals surface area contributed by atoms with Crippen LogP contribution in [0.15, 0.2) is 24.3 Å². The van der Waals surface area contributed by atoms with Gasteiger partial charge in [-0.25, -0.2) is 0 Å². The van der Waals surface area contributed by atoms with Crippen LogP contribution < -0.4 is 0 Å². The van der Waals surface area contributed by atoms with E-state index in [-0.39, 0.29) is 5.48 Å². The fourth-order valence-corrected chi connectivity index (χ4v) is 1.76. The monoisotopic (exact) mass is 221 g/mol. The van der Waals surface area contributed by atoms with Crippen LogP contribution in [0, 0.1) is 0 Å². The number of carbonyl (C=O) groups excluding carboxylic acids is 1. The van der Waals surface area contributed by atoms with Gasteiger partial charge in [-0.1, -0.05) is 12.1 Å². The van der Waals surface area contributed by atoms with Crippen molar-refractivity contribution in [3.8, 4) is 0 Å². The summed E-state index contributed by atoms with van der Waals surface area (Å²) in [5.74, 6) is 0. The number of benzene rings is 1. The third-order valence-corrected chi connectivity index (χ3v) is 2.60. The molecule has 0 radical (unpaired) electrons. The first kappa shape index (κ1) is 12.4. The summed E-state index contributed by atoms with van der Waals surface area (Å²) in [5, 5.41) is 1.13. The molecular weight excluding hydrogens is 206 g/mol. The quantitative estimate of drug-likeness (QED) is 0.733. The molecule has 0 amide bonds. The number of hydrogen-bond donors (Lipinski definition) is 0. The average molecular weight is 221 g/mol. The molecule has 0 spiro atoms. The standard InChI is InChI=1S/C12H13NO2.H2O/c1-13-11(8-15-2)6-10-4-3-9(7-14)5-12(10)13;/h3-7H,8H2,1-2H3;1H2. The van der Waals surface area contributed by atoms with E-state index in [0.29, 0.717) is 12.2 Å². The Kier molecular flexibility index (Phi) is 3.82. The highest BCUT2D eigenvalue weighted by atomic mass is 16.5. The first-order chi connectivity index (χ1) is 7.26. The Balaban J connectivity index is 0.00000128. The van der Waals surface area contributed by atoms with Gasteiger partial charge < -0.3 is 14.8 Å². The molecule has 0 aliphatic heterocycles. The smallest absolute Gasteiger partial charge is 0.150 e. The van der Waals surface area contributed by atoms with E-state index in [9.17, 15) is 4.79 Å².